The normalized spacial score (nSPS) is 13.4. The van der Waals surface area contributed by atoms with Gasteiger partial charge in [0.15, 0.2) is 0 Å². The molecule has 2 heterocycles. The molecule has 0 unspecified atom stereocenters. The minimum Gasteiger partial charge on any atom is -0.357 e. The van der Waals surface area contributed by atoms with Crippen LogP contribution in [0.25, 0.3) is 11.1 Å². The Morgan fingerprint density at radius 1 is 0.964 bits per heavy atom. The summed E-state index contributed by atoms with van der Waals surface area (Å²) in [6.07, 6.45) is 4.24. The second-order valence-electron chi connectivity index (χ2n) is 6.94. The van der Waals surface area contributed by atoms with Crippen LogP contribution in [0.4, 0.5) is 16.3 Å². The van der Waals surface area contributed by atoms with E-state index in [-0.39, 0.29) is 6.03 Å². The maximum atomic E-state index is 12.5. The summed E-state index contributed by atoms with van der Waals surface area (Å²) in [5, 5.41) is 5.92. The van der Waals surface area contributed by atoms with E-state index in [4.69, 9.17) is 0 Å². The van der Waals surface area contributed by atoms with Crippen molar-refractivity contribution in [2.24, 2.45) is 0 Å². The molecule has 1 aliphatic heterocycles. The van der Waals surface area contributed by atoms with Crippen molar-refractivity contribution in [3.8, 4) is 11.1 Å². The van der Waals surface area contributed by atoms with Gasteiger partial charge in [0.1, 0.15) is 5.82 Å². The lowest BCUT2D eigenvalue weighted by atomic mass is 10.0. The number of nitrogens with one attached hydrogen (secondary N) is 2. The highest BCUT2D eigenvalue weighted by Crippen LogP contribution is 2.27. The lowest BCUT2D eigenvalue weighted by molar-refractivity contribution is 0.251. The smallest absolute Gasteiger partial charge is 0.319 e. The van der Waals surface area contributed by atoms with Crippen LogP contribution in [0.2, 0.25) is 0 Å². The van der Waals surface area contributed by atoms with Crippen LogP contribution < -0.4 is 15.5 Å². The van der Waals surface area contributed by atoms with Crippen molar-refractivity contribution >= 4 is 17.5 Å². The van der Waals surface area contributed by atoms with Crippen molar-refractivity contribution in [1.82, 2.24) is 10.3 Å². The highest BCUT2D eigenvalue weighted by Gasteiger charge is 2.14. The minimum absolute atomic E-state index is 0.220. The molecule has 28 heavy (non-hydrogen) atoms. The van der Waals surface area contributed by atoms with Gasteiger partial charge in [0.2, 0.25) is 0 Å². The van der Waals surface area contributed by atoms with Crippen molar-refractivity contribution in [1.29, 1.82) is 0 Å². The molecule has 0 saturated carbocycles. The molecule has 2 amide bonds. The van der Waals surface area contributed by atoms with E-state index in [9.17, 15) is 4.79 Å². The summed E-state index contributed by atoms with van der Waals surface area (Å²) in [4.78, 5) is 19.2. The first-order chi connectivity index (χ1) is 13.8. The lowest BCUT2D eigenvalue weighted by Gasteiger charge is -2.17. The van der Waals surface area contributed by atoms with Crippen LogP contribution in [0.1, 0.15) is 18.4 Å². The van der Waals surface area contributed by atoms with E-state index >= 15 is 0 Å². The number of nitrogens with zero attached hydrogens (tertiary/aromatic N) is 2. The topological polar surface area (TPSA) is 57.3 Å². The van der Waals surface area contributed by atoms with Gasteiger partial charge in [0.25, 0.3) is 0 Å². The standard InChI is InChI=1S/C23H24N4O/c28-23(25-17-18-12-13-24-22(16-18)27-14-6-7-15-27)26-21-11-5-4-10-20(21)19-8-2-1-3-9-19/h1-5,8-13,16H,6-7,14-15,17H2,(H2,25,26,28). The summed E-state index contributed by atoms with van der Waals surface area (Å²) in [5.41, 5.74) is 3.91. The van der Waals surface area contributed by atoms with Crippen LogP contribution in [0.5, 0.6) is 0 Å². The van der Waals surface area contributed by atoms with Gasteiger partial charge in [0, 0.05) is 31.4 Å². The summed E-state index contributed by atoms with van der Waals surface area (Å²) in [6, 6.07) is 21.7. The van der Waals surface area contributed by atoms with Crippen molar-refractivity contribution in [3.63, 3.8) is 0 Å². The molecule has 5 nitrogen and oxygen atoms in total. The predicted molar refractivity (Wildman–Crippen MR) is 113 cm³/mol. The minimum atomic E-state index is -0.220. The summed E-state index contributed by atoms with van der Waals surface area (Å²) >= 11 is 0. The Morgan fingerprint density at radius 3 is 2.54 bits per heavy atom. The number of hydrogen-bond acceptors (Lipinski definition) is 3. The number of para-hydroxylation sites is 1. The maximum absolute atomic E-state index is 12.5. The monoisotopic (exact) mass is 372 g/mol. The largest absolute Gasteiger partial charge is 0.357 e. The fourth-order valence-electron chi connectivity index (χ4n) is 3.50. The maximum Gasteiger partial charge on any atom is 0.319 e. The zero-order chi connectivity index (χ0) is 19.2. The average Bonchev–Trinajstić information content (AvgIpc) is 3.29. The summed E-state index contributed by atoms with van der Waals surface area (Å²) in [7, 11) is 0. The number of carbonyl (C=O) groups excluding carboxylic acids is 1. The Balaban J connectivity index is 1.40. The fraction of sp³-hybridized carbons (Fsp3) is 0.217. The molecule has 0 aliphatic carbocycles. The molecule has 2 aromatic carbocycles. The first-order valence-electron chi connectivity index (χ1n) is 9.69. The number of pyridine rings is 1. The lowest BCUT2D eigenvalue weighted by Crippen LogP contribution is -2.28. The molecule has 1 aromatic heterocycles. The molecule has 0 atom stereocenters. The Hall–Kier alpha value is -3.34. The molecular formula is C23H24N4O. The first kappa shape index (κ1) is 18.0. The van der Waals surface area contributed by atoms with Crippen molar-refractivity contribution in [3.05, 3.63) is 78.5 Å². The number of amides is 2. The highest BCUT2D eigenvalue weighted by molar-refractivity contribution is 5.94. The third kappa shape index (κ3) is 4.31. The molecule has 142 valence electrons. The molecule has 1 aliphatic rings. The average molecular weight is 372 g/mol. The van der Waals surface area contributed by atoms with Crippen LogP contribution in [-0.4, -0.2) is 24.1 Å². The van der Waals surface area contributed by atoms with Crippen molar-refractivity contribution in [2.45, 2.75) is 19.4 Å². The number of hydrogen-bond donors (Lipinski definition) is 2. The van der Waals surface area contributed by atoms with Crippen LogP contribution in [-0.2, 0) is 6.54 Å². The van der Waals surface area contributed by atoms with Crippen molar-refractivity contribution in [2.75, 3.05) is 23.3 Å². The van der Waals surface area contributed by atoms with Crippen LogP contribution in [0.15, 0.2) is 72.9 Å². The molecule has 1 saturated heterocycles. The van der Waals surface area contributed by atoms with Gasteiger partial charge in [-0.1, -0.05) is 48.5 Å². The van der Waals surface area contributed by atoms with E-state index in [0.29, 0.717) is 6.54 Å². The van der Waals surface area contributed by atoms with Gasteiger partial charge in [0.05, 0.1) is 5.69 Å². The van der Waals surface area contributed by atoms with Crippen LogP contribution in [0, 0.1) is 0 Å². The molecule has 0 bridgehead atoms. The van der Waals surface area contributed by atoms with Gasteiger partial charge in [-0.2, -0.15) is 0 Å². The van der Waals surface area contributed by atoms with E-state index < -0.39 is 0 Å². The SMILES string of the molecule is O=C(NCc1ccnc(N2CCCC2)c1)Nc1ccccc1-c1ccccc1. The summed E-state index contributed by atoms with van der Waals surface area (Å²) in [5.74, 6) is 0.992. The number of benzene rings is 2. The van der Waals surface area contributed by atoms with E-state index in [1.165, 1.54) is 12.8 Å². The third-order valence-corrected chi connectivity index (χ3v) is 4.95. The Bertz CT molecular complexity index is 936. The first-order valence-corrected chi connectivity index (χ1v) is 9.69. The fourth-order valence-corrected chi connectivity index (χ4v) is 3.50. The van der Waals surface area contributed by atoms with Crippen LogP contribution >= 0.6 is 0 Å². The number of urea groups is 1. The molecule has 1 fully saturated rings. The molecule has 2 N–H and O–H groups in total. The van der Waals surface area contributed by atoms with Crippen molar-refractivity contribution < 1.29 is 4.79 Å². The van der Waals surface area contributed by atoms with Gasteiger partial charge in [-0.25, -0.2) is 9.78 Å². The van der Waals surface area contributed by atoms with Crippen LogP contribution in [0.3, 0.4) is 0 Å². The number of aromatic nitrogens is 1. The molecule has 3 aromatic rings. The Kier molecular flexibility index (Phi) is 5.52. The van der Waals surface area contributed by atoms with Gasteiger partial charge in [-0.3, -0.25) is 0 Å². The van der Waals surface area contributed by atoms with Gasteiger partial charge >= 0.3 is 6.03 Å². The zero-order valence-corrected chi connectivity index (χ0v) is 15.8. The second-order valence-corrected chi connectivity index (χ2v) is 6.94. The predicted octanol–water partition coefficient (Wildman–Crippen LogP) is 4.67. The summed E-state index contributed by atoms with van der Waals surface area (Å²) in [6.45, 7) is 2.57. The van der Waals surface area contributed by atoms with Gasteiger partial charge in [-0.15, -0.1) is 0 Å². The van der Waals surface area contributed by atoms with Gasteiger partial charge < -0.3 is 15.5 Å². The van der Waals surface area contributed by atoms with Gasteiger partial charge in [-0.05, 0) is 42.2 Å². The summed E-state index contributed by atoms with van der Waals surface area (Å²) < 4.78 is 0. The molecule has 5 heteroatoms. The molecule has 0 spiro atoms. The quantitative estimate of drug-likeness (QED) is 0.684. The number of carbonyl (C=O) groups is 1. The zero-order valence-electron chi connectivity index (χ0n) is 15.8. The Morgan fingerprint density at radius 2 is 1.71 bits per heavy atom. The third-order valence-electron chi connectivity index (χ3n) is 4.95. The number of anilines is 2. The number of rotatable bonds is 5. The van der Waals surface area contributed by atoms with E-state index in [1.54, 1.807) is 0 Å². The van der Waals surface area contributed by atoms with E-state index in [1.807, 2.05) is 66.9 Å². The van der Waals surface area contributed by atoms with E-state index in [0.717, 1.165) is 41.3 Å². The molecular weight excluding hydrogens is 348 g/mol. The highest BCUT2D eigenvalue weighted by atomic mass is 16.2. The second kappa shape index (κ2) is 8.57. The Labute approximate surface area is 165 Å². The molecule has 4 rings (SSSR count). The molecule has 0 radical (unpaired) electrons. The van der Waals surface area contributed by atoms with E-state index in [2.05, 4.69) is 26.6 Å².